The van der Waals surface area contributed by atoms with Gasteiger partial charge in [0.2, 0.25) is 0 Å². The van der Waals surface area contributed by atoms with Crippen LogP contribution in [-0.2, 0) is 27.9 Å². The van der Waals surface area contributed by atoms with Crippen molar-refractivity contribution in [2.45, 2.75) is 12.2 Å². The first kappa shape index (κ1) is 13.6. The molecule has 0 aliphatic carbocycles. The quantitative estimate of drug-likeness (QED) is 0.428. The predicted molar refractivity (Wildman–Crippen MR) is 42.6 cm³/mol. The summed E-state index contributed by atoms with van der Waals surface area (Å²) in [5.74, 6) is -3.35. The number of aliphatic hydroxyl groups is 2. The molecule has 16 heavy (non-hydrogen) atoms. The van der Waals surface area contributed by atoms with Gasteiger partial charge in [-0.1, -0.05) is 0 Å². The van der Waals surface area contributed by atoms with Crippen molar-refractivity contribution in [3.63, 3.8) is 0 Å². The Morgan fingerprint density at radius 1 is 1.19 bits per heavy atom. The fraction of sp³-hybridized carbons (Fsp3) is 0.500. The second-order valence-corrected chi connectivity index (χ2v) is 7.88. The van der Waals surface area contributed by atoms with Crippen molar-refractivity contribution in [3.8, 4) is 0 Å². The van der Waals surface area contributed by atoms with Crippen LogP contribution >= 0.6 is 0 Å². The van der Waals surface area contributed by atoms with E-state index in [2.05, 4.69) is 7.94 Å². The van der Waals surface area contributed by atoms with Gasteiger partial charge in [0.1, 0.15) is 0 Å². The molecule has 12 heteroatoms. The zero-order chi connectivity index (χ0) is 12.5. The molecular formula is C4H5O10SSb. The normalized spacial score (nSPS) is 22.9. The predicted octanol–water partition coefficient (Wildman–Crippen LogP) is -3.39. The van der Waals surface area contributed by atoms with Gasteiger partial charge < -0.3 is 0 Å². The van der Waals surface area contributed by atoms with Gasteiger partial charge in [-0.15, -0.1) is 0 Å². The van der Waals surface area contributed by atoms with Crippen LogP contribution < -0.4 is 0 Å². The minimum absolute atomic E-state index is 1.52. The number of aliphatic hydroxyl groups excluding tert-OH is 2. The van der Waals surface area contributed by atoms with Gasteiger partial charge in [0, 0.05) is 0 Å². The van der Waals surface area contributed by atoms with Gasteiger partial charge in [-0.05, 0) is 0 Å². The first-order valence-corrected chi connectivity index (χ1v) is 7.94. The Labute approximate surface area is 97.3 Å². The number of carboxylic acids is 1. The first-order chi connectivity index (χ1) is 7.23. The maximum atomic E-state index is 10.9. The molecule has 0 saturated carbocycles. The van der Waals surface area contributed by atoms with Crippen LogP contribution in [0.4, 0.5) is 0 Å². The molecule has 1 aliphatic rings. The summed E-state index contributed by atoms with van der Waals surface area (Å²) in [5, 5.41) is 25.9. The summed E-state index contributed by atoms with van der Waals surface area (Å²) in [5.41, 5.74) is 0. The average Bonchev–Trinajstić information content (AvgIpc) is 2.12. The van der Waals surface area contributed by atoms with Crippen LogP contribution in [0.5, 0.6) is 0 Å². The van der Waals surface area contributed by atoms with Gasteiger partial charge in [-0.2, -0.15) is 0 Å². The zero-order valence-electron chi connectivity index (χ0n) is 7.21. The van der Waals surface area contributed by atoms with Crippen molar-refractivity contribution in [1.29, 1.82) is 0 Å². The third-order valence-electron chi connectivity index (χ3n) is 1.26. The fourth-order valence-corrected chi connectivity index (χ4v) is 4.84. The molecule has 0 spiro atoms. The monoisotopic (exact) mass is 366 g/mol. The SMILES string of the molecule is O=C(O)C(O)C(O)C(=O)[O][Sb]1[O]S(=O)(=O)[O]1. The van der Waals surface area contributed by atoms with E-state index in [-0.39, 0.29) is 0 Å². The number of aliphatic carboxylic acids is 1. The standard InChI is InChI=1S/C4H6O6.H2O4S.Sb/c5-1(3(7)8)2(6)4(9)10;1-5(2,3)4;/h1-2,5-6H,(H,7,8)(H,9,10);(H2,1,2,3,4);/q;;+3/p-3. The molecule has 0 aromatic heterocycles. The molecule has 0 radical (unpaired) electrons. The molecule has 10 nitrogen and oxygen atoms in total. The van der Waals surface area contributed by atoms with E-state index in [9.17, 15) is 18.0 Å². The summed E-state index contributed by atoms with van der Waals surface area (Å²) in [6.07, 6.45) is -4.71. The summed E-state index contributed by atoms with van der Waals surface area (Å²) in [6, 6.07) is 0. The van der Waals surface area contributed by atoms with Crippen molar-refractivity contribution in [2.24, 2.45) is 0 Å². The fourth-order valence-electron chi connectivity index (χ4n) is 0.576. The van der Waals surface area contributed by atoms with Crippen molar-refractivity contribution in [2.75, 3.05) is 0 Å². The summed E-state index contributed by atoms with van der Waals surface area (Å²) in [4.78, 5) is 21.1. The second kappa shape index (κ2) is 4.82. The van der Waals surface area contributed by atoms with Crippen molar-refractivity contribution in [1.82, 2.24) is 0 Å². The summed E-state index contributed by atoms with van der Waals surface area (Å²) in [7, 11) is -4.09. The van der Waals surface area contributed by atoms with Crippen LogP contribution in [0, 0.1) is 0 Å². The Balaban J connectivity index is 2.45. The van der Waals surface area contributed by atoms with E-state index in [0.29, 0.717) is 0 Å². The number of carbonyl (C=O) groups excluding carboxylic acids is 1. The van der Waals surface area contributed by atoms with E-state index in [0.717, 1.165) is 0 Å². The van der Waals surface area contributed by atoms with Crippen LogP contribution in [0.2, 0.25) is 0 Å². The molecule has 1 heterocycles. The van der Waals surface area contributed by atoms with Crippen LogP contribution in [-0.4, -0.2) is 69.4 Å². The number of carbonyl (C=O) groups is 2. The summed E-state index contributed by atoms with van der Waals surface area (Å²) in [6.45, 7) is 0. The number of carboxylic acid groups (broad SMARTS) is 1. The molecular weight excluding hydrogens is 362 g/mol. The molecule has 0 aromatic carbocycles. The number of rotatable bonds is 4. The van der Waals surface area contributed by atoms with Gasteiger partial charge in [0.15, 0.2) is 0 Å². The van der Waals surface area contributed by atoms with Crippen molar-refractivity contribution in [3.05, 3.63) is 0 Å². The number of hydrogen-bond acceptors (Lipinski definition) is 9. The Bertz CT molecular complexity index is 389. The van der Waals surface area contributed by atoms with Crippen molar-refractivity contribution >= 4 is 43.8 Å². The Hall–Kier alpha value is -0.452. The molecule has 1 saturated heterocycles. The molecule has 1 fully saturated rings. The first-order valence-electron chi connectivity index (χ1n) is 3.48. The Morgan fingerprint density at radius 3 is 2.06 bits per heavy atom. The van der Waals surface area contributed by atoms with E-state index in [1.165, 1.54) is 0 Å². The molecule has 2 atom stereocenters. The molecule has 92 valence electrons. The maximum absolute atomic E-state index is 10.9. The van der Waals surface area contributed by atoms with E-state index < -0.39 is 56.0 Å². The van der Waals surface area contributed by atoms with Crippen LogP contribution in [0.3, 0.4) is 0 Å². The van der Waals surface area contributed by atoms with Crippen LogP contribution in [0.1, 0.15) is 0 Å². The summed E-state index contributed by atoms with van der Waals surface area (Å²) >= 11 is -3.64. The molecule has 0 amide bonds. The van der Waals surface area contributed by atoms with Gasteiger partial charge in [-0.25, -0.2) is 0 Å². The van der Waals surface area contributed by atoms with E-state index >= 15 is 0 Å². The van der Waals surface area contributed by atoms with Gasteiger partial charge >= 0.3 is 97.3 Å². The molecule has 0 aromatic rings. The number of hydrogen-bond donors (Lipinski definition) is 3. The van der Waals surface area contributed by atoms with Crippen LogP contribution in [0.15, 0.2) is 0 Å². The topological polar surface area (TPSA) is 157 Å². The molecule has 3 N–H and O–H groups in total. The third-order valence-corrected chi connectivity index (χ3v) is 8.02. The van der Waals surface area contributed by atoms with E-state index in [4.69, 9.17) is 15.3 Å². The average molecular weight is 367 g/mol. The van der Waals surface area contributed by atoms with Gasteiger partial charge in [-0.3, -0.25) is 0 Å². The second-order valence-electron chi connectivity index (χ2n) is 2.42. The Morgan fingerprint density at radius 2 is 1.69 bits per heavy atom. The zero-order valence-corrected chi connectivity index (χ0v) is 10.6. The summed E-state index contributed by atoms with van der Waals surface area (Å²) < 4.78 is 32.9. The van der Waals surface area contributed by atoms with E-state index in [1.54, 1.807) is 0 Å². The minimum atomic E-state index is -4.09. The van der Waals surface area contributed by atoms with Gasteiger partial charge in [0.25, 0.3) is 0 Å². The molecule has 1 rings (SSSR count). The molecule has 0 bridgehead atoms. The van der Waals surface area contributed by atoms with Gasteiger partial charge in [0.05, 0.1) is 0 Å². The van der Waals surface area contributed by atoms with Crippen molar-refractivity contribution < 1.29 is 41.3 Å². The van der Waals surface area contributed by atoms with Crippen LogP contribution in [0.25, 0.3) is 0 Å². The molecule has 1 aliphatic heterocycles. The molecule has 2 unspecified atom stereocenters. The third kappa shape index (κ3) is 3.27. The Kier molecular flexibility index (Phi) is 4.10. The van der Waals surface area contributed by atoms with E-state index in [1.807, 2.05) is 0 Å².